The highest BCUT2D eigenvalue weighted by molar-refractivity contribution is 5.84. The predicted octanol–water partition coefficient (Wildman–Crippen LogP) is 2.50. The fourth-order valence-electron chi connectivity index (χ4n) is 4.95. The Bertz CT molecular complexity index is 480. The molecule has 6 nitrogen and oxygen atoms in total. The lowest BCUT2D eigenvalue weighted by atomic mass is 9.69. The molecule has 1 unspecified atom stereocenters. The van der Waals surface area contributed by atoms with Crippen LogP contribution in [-0.2, 0) is 14.4 Å². The first-order valence-electron chi connectivity index (χ1n) is 9.57. The van der Waals surface area contributed by atoms with Crippen molar-refractivity contribution in [3.05, 3.63) is 0 Å². The van der Waals surface area contributed by atoms with Gasteiger partial charge in [-0.05, 0) is 59.3 Å². The maximum absolute atomic E-state index is 11.9. The van der Waals surface area contributed by atoms with Crippen LogP contribution in [0.1, 0.15) is 79.1 Å². The fraction of sp³-hybridized carbons (Fsp3) is 0.895. The van der Waals surface area contributed by atoms with Crippen LogP contribution in [0.15, 0.2) is 0 Å². The molecular formula is C19H35N3O3. The van der Waals surface area contributed by atoms with E-state index in [0.29, 0.717) is 0 Å². The van der Waals surface area contributed by atoms with E-state index in [2.05, 4.69) is 32.8 Å². The number of hydrogen-bond donors (Lipinski definition) is 2. The second kappa shape index (κ2) is 7.62. The Morgan fingerprint density at radius 2 is 1.56 bits per heavy atom. The van der Waals surface area contributed by atoms with E-state index < -0.39 is 17.7 Å². The van der Waals surface area contributed by atoms with Crippen molar-refractivity contribution in [1.82, 2.24) is 5.06 Å². The molecular weight excluding hydrogens is 318 g/mol. The van der Waals surface area contributed by atoms with E-state index in [1.807, 2.05) is 0 Å². The molecule has 1 atom stereocenters. The Kier molecular flexibility index (Phi) is 6.15. The molecule has 2 fully saturated rings. The van der Waals surface area contributed by atoms with Crippen molar-refractivity contribution >= 4 is 11.8 Å². The van der Waals surface area contributed by atoms with Crippen molar-refractivity contribution in [1.29, 1.82) is 0 Å². The highest BCUT2D eigenvalue weighted by atomic mass is 16.7. The van der Waals surface area contributed by atoms with Crippen LogP contribution in [0.2, 0.25) is 0 Å². The molecule has 6 heteroatoms. The molecule has 1 aliphatic heterocycles. The maximum atomic E-state index is 11.9. The van der Waals surface area contributed by atoms with Gasteiger partial charge in [0.05, 0.1) is 6.10 Å². The summed E-state index contributed by atoms with van der Waals surface area (Å²) in [4.78, 5) is 29.8. The minimum absolute atomic E-state index is 0.0235. The highest BCUT2D eigenvalue weighted by Gasteiger charge is 2.50. The summed E-state index contributed by atoms with van der Waals surface area (Å²) in [5.74, 6) is -1.38. The van der Waals surface area contributed by atoms with Crippen LogP contribution in [-0.4, -0.2) is 34.1 Å². The molecule has 2 amide bonds. The topological polar surface area (TPSA) is 98.7 Å². The van der Waals surface area contributed by atoms with Crippen molar-refractivity contribution in [3.63, 3.8) is 0 Å². The molecule has 2 aliphatic rings. The average Bonchev–Trinajstić information content (AvgIpc) is 2.48. The van der Waals surface area contributed by atoms with Gasteiger partial charge in [0.25, 0.3) is 0 Å². The predicted molar refractivity (Wildman–Crippen MR) is 97.2 cm³/mol. The third-order valence-electron chi connectivity index (χ3n) is 5.79. The number of piperidine rings is 1. The second-order valence-corrected chi connectivity index (χ2v) is 9.13. The van der Waals surface area contributed by atoms with Gasteiger partial charge in [0.15, 0.2) is 0 Å². The van der Waals surface area contributed by atoms with Crippen molar-refractivity contribution in [2.45, 2.75) is 96.2 Å². The molecule has 0 spiro atoms. The SMILES string of the molecule is CC1(C)CC(C(CC(N)=O)C(N)=O)CC(C)(C)N1OC1CCCCC1. The largest absolute Gasteiger partial charge is 0.370 e. The van der Waals surface area contributed by atoms with Crippen molar-refractivity contribution in [3.8, 4) is 0 Å². The van der Waals surface area contributed by atoms with E-state index in [1.54, 1.807) is 0 Å². The molecule has 25 heavy (non-hydrogen) atoms. The number of carbonyl (C=O) groups excluding carboxylic acids is 2. The minimum atomic E-state index is -0.507. The lowest BCUT2D eigenvalue weighted by Crippen LogP contribution is -2.62. The van der Waals surface area contributed by atoms with Crippen molar-refractivity contribution in [2.75, 3.05) is 0 Å². The van der Waals surface area contributed by atoms with Crippen LogP contribution in [0, 0.1) is 11.8 Å². The first-order chi connectivity index (χ1) is 11.5. The zero-order valence-corrected chi connectivity index (χ0v) is 16.2. The Morgan fingerprint density at radius 1 is 1.04 bits per heavy atom. The monoisotopic (exact) mass is 353 g/mol. The molecule has 0 aromatic heterocycles. The van der Waals surface area contributed by atoms with Gasteiger partial charge in [-0.1, -0.05) is 19.3 Å². The summed E-state index contributed by atoms with van der Waals surface area (Å²) in [6.45, 7) is 8.58. The molecule has 1 aliphatic carbocycles. The molecule has 2 rings (SSSR count). The van der Waals surface area contributed by atoms with E-state index in [9.17, 15) is 9.59 Å². The summed E-state index contributed by atoms with van der Waals surface area (Å²) >= 11 is 0. The smallest absolute Gasteiger partial charge is 0.221 e. The maximum Gasteiger partial charge on any atom is 0.221 e. The lowest BCUT2D eigenvalue weighted by molar-refractivity contribution is -0.315. The second-order valence-electron chi connectivity index (χ2n) is 9.13. The van der Waals surface area contributed by atoms with Gasteiger partial charge in [-0.15, -0.1) is 0 Å². The van der Waals surface area contributed by atoms with Gasteiger partial charge in [0, 0.05) is 23.4 Å². The Labute approximate surface area is 151 Å². The van der Waals surface area contributed by atoms with Crippen LogP contribution in [0.25, 0.3) is 0 Å². The van der Waals surface area contributed by atoms with Crippen LogP contribution < -0.4 is 11.5 Å². The zero-order chi connectivity index (χ0) is 18.8. The normalized spacial score (nSPS) is 26.2. The van der Waals surface area contributed by atoms with Gasteiger partial charge in [0.1, 0.15) is 0 Å². The summed E-state index contributed by atoms with van der Waals surface area (Å²) in [6.07, 6.45) is 7.78. The fourth-order valence-corrected chi connectivity index (χ4v) is 4.95. The molecule has 4 N–H and O–H groups in total. The average molecular weight is 354 g/mol. The van der Waals surface area contributed by atoms with Crippen molar-refractivity contribution < 1.29 is 14.4 Å². The number of rotatable bonds is 6. The van der Waals surface area contributed by atoms with Gasteiger partial charge in [-0.3, -0.25) is 14.4 Å². The summed E-state index contributed by atoms with van der Waals surface area (Å²) < 4.78 is 0. The first-order valence-corrected chi connectivity index (χ1v) is 9.57. The third kappa shape index (κ3) is 4.94. The summed E-state index contributed by atoms with van der Waals surface area (Å²) in [5.41, 5.74) is 10.4. The molecule has 0 aromatic rings. The van der Waals surface area contributed by atoms with Gasteiger partial charge in [0.2, 0.25) is 11.8 Å². The quantitative estimate of drug-likeness (QED) is 0.766. The Balaban J connectivity index is 2.16. The molecule has 1 heterocycles. The lowest BCUT2D eigenvalue weighted by Gasteiger charge is -2.55. The summed E-state index contributed by atoms with van der Waals surface area (Å²) in [5, 5.41) is 2.15. The third-order valence-corrected chi connectivity index (χ3v) is 5.79. The number of primary amides is 2. The molecule has 0 bridgehead atoms. The minimum Gasteiger partial charge on any atom is -0.370 e. The number of nitrogens with zero attached hydrogens (tertiary/aromatic N) is 1. The Hall–Kier alpha value is -1.14. The number of hydrogen-bond acceptors (Lipinski definition) is 4. The Morgan fingerprint density at radius 3 is 2.00 bits per heavy atom. The molecule has 0 radical (unpaired) electrons. The number of hydroxylamine groups is 2. The number of amides is 2. The van der Waals surface area contributed by atoms with Crippen LogP contribution >= 0.6 is 0 Å². The van der Waals surface area contributed by atoms with Crippen LogP contribution in [0.3, 0.4) is 0 Å². The van der Waals surface area contributed by atoms with E-state index >= 15 is 0 Å². The van der Waals surface area contributed by atoms with Crippen molar-refractivity contribution in [2.24, 2.45) is 23.3 Å². The molecule has 0 aromatic carbocycles. The van der Waals surface area contributed by atoms with E-state index in [0.717, 1.165) is 25.7 Å². The molecule has 1 saturated carbocycles. The standard InChI is InChI=1S/C19H35N3O3/c1-18(2)11-13(15(17(21)24)10-16(20)23)12-19(3,4)22(18)25-14-8-6-5-7-9-14/h13-15H,5-12H2,1-4H3,(H2,20,23)(H2,21,24). The van der Waals surface area contributed by atoms with E-state index in [-0.39, 0.29) is 29.5 Å². The van der Waals surface area contributed by atoms with Crippen LogP contribution in [0.5, 0.6) is 0 Å². The highest BCUT2D eigenvalue weighted by Crippen LogP contribution is 2.45. The van der Waals surface area contributed by atoms with Gasteiger partial charge in [-0.2, -0.15) is 5.06 Å². The first kappa shape index (κ1) is 20.2. The number of carbonyl (C=O) groups is 2. The van der Waals surface area contributed by atoms with Gasteiger partial charge >= 0.3 is 0 Å². The number of nitrogens with two attached hydrogens (primary N) is 2. The van der Waals surface area contributed by atoms with Gasteiger partial charge < -0.3 is 11.5 Å². The van der Waals surface area contributed by atoms with Gasteiger partial charge in [-0.25, -0.2) is 0 Å². The summed E-state index contributed by atoms with van der Waals surface area (Å²) in [6, 6.07) is 0. The summed E-state index contributed by atoms with van der Waals surface area (Å²) in [7, 11) is 0. The van der Waals surface area contributed by atoms with Crippen LogP contribution in [0.4, 0.5) is 0 Å². The van der Waals surface area contributed by atoms with E-state index in [4.69, 9.17) is 16.3 Å². The molecule has 1 saturated heterocycles. The molecule has 144 valence electrons. The van der Waals surface area contributed by atoms with E-state index in [1.165, 1.54) is 19.3 Å². The zero-order valence-electron chi connectivity index (χ0n) is 16.2.